The molecule has 572 valence electrons. The molecule has 3 aromatic heterocycles. The van der Waals surface area contributed by atoms with Gasteiger partial charge in [-0.3, -0.25) is 19.3 Å². The van der Waals surface area contributed by atoms with Gasteiger partial charge in [-0.05, 0) is 109 Å². The van der Waals surface area contributed by atoms with Gasteiger partial charge >= 0.3 is 0 Å². The van der Waals surface area contributed by atoms with Crippen molar-refractivity contribution in [3.05, 3.63) is 137 Å². The Morgan fingerprint density at radius 1 is 0.590 bits per heavy atom. The van der Waals surface area contributed by atoms with Gasteiger partial charge in [-0.15, -0.1) is 5.10 Å². The van der Waals surface area contributed by atoms with E-state index in [0.717, 1.165) is 73.3 Å². The number of anilines is 2. The van der Waals surface area contributed by atoms with E-state index in [1.165, 1.54) is 17.5 Å². The molecule has 7 aromatic rings. The summed E-state index contributed by atoms with van der Waals surface area (Å²) in [6.45, 7) is 15.5. The van der Waals surface area contributed by atoms with Crippen LogP contribution in [0.5, 0.6) is 11.6 Å². The summed E-state index contributed by atoms with van der Waals surface area (Å²) in [6.07, 6.45) is 9.17. The van der Waals surface area contributed by atoms with Crippen molar-refractivity contribution in [1.82, 2.24) is 50.5 Å². The maximum atomic E-state index is 12.5. The van der Waals surface area contributed by atoms with Crippen molar-refractivity contribution in [3.8, 4) is 11.6 Å². The molecular formula is C74H104N14O17. The predicted octanol–water partition coefficient (Wildman–Crippen LogP) is 6.63. The van der Waals surface area contributed by atoms with Crippen LogP contribution in [0.4, 0.5) is 23.0 Å². The van der Waals surface area contributed by atoms with Gasteiger partial charge in [0, 0.05) is 50.3 Å². The number of hydrogen-bond donors (Lipinski definition) is 6. The third-order valence-corrected chi connectivity index (χ3v) is 16.3. The number of aromatic nitrogens is 7. The number of aromatic amines is 1. The fourth-order valence-electron chi connectivity index (χ4n) is 10.8. The molecule has 1 aliphatic carbocycles. The van der Waals surface area contributed by atoms with Crippen LogP contribution in [0, 0.1) is 0 Å². The summed E-state index contributed by atoms with van der Waals surface area (Å²) < 4.78 is 74.2. The van der Waals surface area contributed by atoms with Gasteiger partial charge in [0.2, 0.25) is 29.5 Å². The molecule has 31 heteroatoms. The Hall–Kier alpha value is -8.54. The normalized spacial score (nSPS) is 12.9. The third-order valence-electron chi connectivity index (χ3n) is 16.3. The lowest BCUT2D eigenvalue weighted by Gasteiger charge is -2.35. The van der Waals surface area contributed by atoms with Crippen molar-refractivity contribution >= 4 is 51.9 Å². The summed E-state index contributed by atoms with van der Waals surface area (Å²) in [7, 11) is 0. The number of phenols is 1. The predicted molar refractivity (Wildman–Crippen MR) is 390 cm³/mol. The fraction of sp³-hybridized carbons (Fsp3) is 0.541. The minimum atomic E-state index is -0.353. The first-order chi connectivity index (χ1) is 51.6. The van der Waals surface area contributed by atoms with Crippen molar-refractivity contribution in [3.63, 3.8) is 0 Å². The molecule has 1 unspecified atom stereocenters. The zero-order valence-electron chi connectivity index (χ0n) is 60.3. The quantitative estimate of drug-likeness (QED) is 0.0172. The van der Waals surface area contributed by atoms with E-state index >= 15 is 0 Å². The number of fused-ring (bicyclic) bond motifs is 2. The Morgan fingerprint density at radius 2 is 1.11 bits per heavy atom. The molecule has 0 spiro atoms. The first-order valence-corrected chi connectivity index (χ1v) is 36.1. The van der Waals surface area contributed by atoms with Gasteiger partial charge in [0.1, 0.15) is 17.9 Å². The lowest BCUT2D eigenvalue weighted by Crippen LogP contribution is -2.41. The van der Waals surface area contributed by atoms with E-state index in [1.807, 2.05) is 48.7 Å². The van der Waals surface area contributed by atoms with Crippen LogP contribution >= 0.6 is 0 Å². The zero-order valence-corrected chi connectivity index (χ0v) is 60.3. The molecule has 31 nitrogen and oxygen atoms in total. The maximum Gasteiger partial charge on any atom is 0.245 e. The summed E-state index contributed by atoms with van der Waals surface area (Å²) >= 11 is 0. The highest BCUT2D eigenvalue weighted by molar-refractivity contribution is 5.94. The second-order valence-corrected chi connectivity index (χ2v) is 24.3. The fourth-order valence-corrected chi connectivity index (χ4v) is 10.8. The molecule has 105 heavy (non-hydrogen) atoms. The molecule has 8 rings (SSSR count). The van der Waals surface area contributed by atoms with E-state index in [1.54, 1.807) is 35.0 Å². The van der Waals surface area contributed by atoms with Crippen molar-refractivity contribution in [1.29, 1.82) is 0 Å². The zero-order chi connectivity index (χ0) is 73.4. The molecule has 0 radical (unpaired) electrons. The van der Waals surface area contributed by atoms with Crippen LogP contribution in [-0.2, 0) is 117 Å². The van der Waals surface area contributed by atoms with Crippen LogP contribution in [-0.4, -0.2) is 247 Å². The van der Waals surface area contributed by atoms with Crippen molar-refractivity contribution in [2.45, 2.75) is 84.0 Å². The van der Waals surface area contributed by atoms with Gasteiger partial charge in [0.05, 0.1) is 195 Å². The number of amides is 3. The topological polar surface area (TPSA) is 367 Å². The summed E-state index contributed by atoms with van der Waals surface area (Å²) in [5.74, 6) is 0.106. The van der Waals surface area contributed by atoms with Gasteiger partial charge in [-0.1, -0.05) is 60.7 Å². The van der Waals surface area contributed by atoms with Crippen molar-refractivity contribution in [2.24, 2.45) is 10.2 Å². The van der Waals surface area contributed by atoms with E-state index in [-0.39, 0.29) is 56.3 Å². The lowest BCUT2D eigenvalue weighted by molar-refractivity contribution is -0.125. The molecule has 1 atom stereocenters. The van der Waals surface area contributed by atoms with Crippen LogP contribution in [0.2, 0.25) is 0 Å². The molecule has 1 aliphatic rings. The Morgan fingerprint density at radius 3 is 1.69 bits per heavy atom. The minimum absolute atomic E-state index is 0.0816. The highest BCUT2D eigenvalue weighted by Crippen LogP contribution is 2.31. The third kappa shape index (κ3) is 33.6. The number of imidazole rings is 1. The van der Waals surface area contributed by atoms with Crippen molar-refractivity contribution < 1.29 is 81.1 Å². The molecular weight excluding hydrogens is 1360 g/mol. The van der Waals surface area contributed by atoms with Crippen LogP contribution in [0.25, 0.3) is 11.2 Å². The van der Waals surface area contributed by atoms with Crippen molar-refractivity contribution in [2.75, 3.05) is 189 Å². The Kier molecular flexibility index (Phi) is 39.1. The van der Waals surface area contributed by atoms with Gasteiger partial charge < -0.3 is 93.4 Å². The lowest BCUT2D eigenvalue weighted by atomic mass is 9.86. The number of hydrogen-bond acceptors (Lipinski definition) is 26. The van der Waals surface area contributed by atoms with E-state index in [4.69, 9.17) is 67.3 Å². The van der Waals surface area contributed by atoms with Gasteiger partial charge in [-0.25, -0.2) is 9.67 Å². The highest BCUT2D eigenvalue weighted by Gasteiger charge is 2.25. The number of azo groups is 1. The number of carbonyl (C=O) groups excluding carboxylic acids is 3. The molecule has 7 N–H and O–H groups in total. The van der Waals surface area contributed by atoms with Crippen LogP contribution in [0.15, 0.2) is 114 Å². The number of nitrogens with two attached hydrogens (primary N) is 1. The van der Waals surface area contributed by atoms with E-state index < -0.39 is 0 Å². The van der Waals surface area contributed by atoms with E-state index in [9.17, 15) is 19.5 Å². The molecule has 0 saturated carbocycles. The number of nitrogens with zero attached hydrogens (tertiary/aromatic N) is 9. The number of carbonyl (C=O) groups is 3. The average Bonchev–Trinajstić information content (AvgIpc) is 1.81. The number of phenolic OH excluding ortho intramolecular Hbond substituents is 1. The standard InChI is InChI=1S/C74H104N14O17/c1-2-24-87(65-19-20-66-60(51-65)4-3-5-67(66)89)25-22-57-10-12-62(13-11-57)83-84-63-16-14-61(15-17-63)80-70(92)53-77-69(91)23-27-93-29-31-95-33-35-97-37-39-99-41-43-101-45-47-103-49-50-104-48-46-102-44-42-100-40-38-98-36-34-96-32-30-94-28-26-88-54-64(85-86-88)18-21-68(90)76-52-58-6-8-59(9-7-58)55-105-73-71-72(79-56-78-71)81-74(75)82-73/h3-17,54,56,65,89H,2,18-53,55H2,1H3,(H,76,90)(H,77,91)(H,80,92)(H3,75,78,79,81,82). The van der Waals surface area contributed by atoms with E-state index in [2.05, 4.69) is 86.4 Å². The summed E-state index contributed by atoms with van der Waals surface area (Å²) in [6, 6.07) is 29.3. The van der Waals surface area contributed by atoms with Gasteiger partial charge in [0.15, 0.2) is 5.65 Å². The highest BCUT2D eigenvalue weighted by atomic mass is 16.6. The van der Waals surface area contributed by atoms with Gasteiger partial charge in [0.25, 0.3) is 0 Å². The van der Waals surface area contributed by atoms with Crippen LogP contribution in [0.3, 0.4) is 0 Å². The number of nitrogens with one attached hydrogen (secondary N) is 4. The molecule has 4 aromatic carbocycles. The Bertz CT molecular complexity index is 3570. The molecule has 0 fully saturated rings. The number of ether oxygens (including phenoxy) is 13. The Balaban J connectivity index is 0.482. The number of H-pyrrole nitrogens is 1. The first-order valence-electron chi connectivity index (χ1n) is 36.1. The Labute approximate surface area is 613 Å². The van der Waals surface area contributed by atoms with Crippen LogP contribution in [0.1, 0.15) is 66.1 Å². The number of rotatable bonds is 58. The molecule has 3 heterocycles. The molecule has 0 aliphatic heterocycles. The maximum absolute atomic E-state index is 12.5. The smallest absolute Gasteiger partial charge is 0.245 e. The number of benzene rings is 4. The SMILES string of the molecule is CCCN(CCc1ccc(N=Nc2ccc(NC(=O)CNC(=O)CCOCCOCCOCCOCCOCCOCCOCCOCCOCCOCCOCCOCCn3cc(CCC(=O)NCc4ccc(COc5nc(N)nc6nc[nH]c56)cc4)nn3)cc2)cc1)C1CCc2c(O)cccc2C1. The number of nitrogen functional groups attached to an aromatic ring is 1. The van der Waals surface area contributed by atoms with Gasteiger partial charge in [-0.2, -0.15) is 20.2 Å². The summed E-state index contributed by atoms with van der Waals surface area (Å²) in [5, 5.41) is 35.7. The molecule has 3 amide bonds. The van der Waals surface area contributed by atoms with E-state index in [0.29, 0.717) is 212 Å². The van der Waals surface area contributed by atoms with Crippen LogP contribution < -0.4 is 26.4 Å². The second kappa shape index (κ2) is 50.0. The average molecular weight is 1460 g/mol. The largest absolute Gasteiger partial charge is 0.508 e. The second-order valence-electron chi connectivity index (χ2n) is 24.3. The molecule has 0 bridgehead atoms. The number of aromatic hydroxyl groups is 1. The summed E-state index contributed by atoms with van der Waals surface area (Å²) in [4.78, 5) is 55.2. The first kappa shape index (κ1) is 82.1. The minimum Gasteiger partial charge on any atom is -0.508 e. The molecule has 0 saturated heterocycles. The summed E-state index contributed by atoms with van der Waals surface area (Å²) in [5.41, 5.74) is 15.0. The number of aryl methyl sites for hydroxylation is 1. The monoisotopic (exact) mass is 1460 g/mol.